The molecule has 1 unspecified atom stereocenters. The van der Waals surface area contributed by atoms with Crippen molar-refractivity contribution >= 4 is 23.6 Å². The number of aliphatic carboxylic acids is 1. The van der Waals surface area contributed by atoms with Crippen molar-refractivity contribution in [2.45, 2.75) is 25.8 Å². The summed E-state index contributed by atoms with van der Waals surface area (Å²) in [6, 6.07) is 6.65. The lowest BCUT2D eigenvalue weighted by Crippen LogP contribution is -2.44. The molecule has 0 aromatic heterocycles. The number of hydrogen-bond donors (Lipinski definition) is 1. The number of carbonyl (C=O) groups is 2. The van der Waals surface area contributed by atoms with E-state index in [1.54, 1.807) is 11.8 Å². The highest BCUT2D eigenvalue weighted by atomic mass is 32.2. The van der Waals surface area contributed by atoms with Crippen molar-refractivity contribution < 1.29 is 14.7 Å². The Labute approximate surface area is 123 Å². The molecule has 1 atom stereocenters. The molecular formula is C15H19NO3S. The van der Waals surface area contributed by atoms with E-state index in [4.69, 9.17) is 0 Å². The number of thioether (sulfide) groups is 1. The van der Waals surface area contributed by atoms with Crippen molar-refractivity contribution in [2.24, 2.45) is 0 Å². The lowest BCUT2D eigenvalue weighted by Gasteiger charge is -2.34. The quantitative estimate of drug-likeness (QED) is 0.847. The summed E-state index contributed by atoms with van der Waals surface area (Å²) in [6.45, 7) is 2.55. The highest BCUT2D eigenvalue weighted by Crippen LogP contribution is 2.30. The molecule has 0 fully saturated rings. The van der Waals surface area contributed by atoms with Crippen LogP contribution in [0.15, 0.2) is 24.3 Å². The average molecular weight is 293 g/mol. The molecule has 1 aromatic rings. The standard InChI is InChI=1S/C15H19NO3S/c1-2-9-20-10-13(17)16-8-7-11-5-3-4-6-12(11)14(16)15(18)19/h3-6,14H,2,7-10H2,1H3,(H,18,19). The fourth-order valence-corrected chi connectivity index (χ4v) is 3.26. The van der Waals surface area contributed by atoms with Crippen LogP contribution in [-0.2, 0) is 16.0 Å². The number of carboxylic acid groups (broad SMARTS) is 1. The average Bonchev–Trinajstić information content (AvgIpc) is 2.45. The molecular weight excluding hydrogens is 274 g/mol. The summed E-state index contributed by atoms with van der Waals surface area (Å²) in [5, 5.41) is 9.48. The van der Waals surface area contributed by atoms with E-state index in [9.17, 15) is 14.7 Å². The minimum absolute atomic E-state index is 0.0784. The van der Waals surface area contributed by atoms with Gasteiger partial charge in [0.25, 0.3) is 0 Å². The van der Waals surface area contributed by atoms with Gasteiger partial charge in [-0.3, -0.25) is 4.79 Å². The van der Waals surface area contributed by atoms with E-state index >= 15 is 0 Å². The normalized spacial score (nSPS) is 17.6. The Hall–Kier alpha value is -1.49. The van der Waals surface area contributed by atoms with Crippen molar-refractivity contribution in [3.8, 4) is 0 Å². The zero-order chi connectivity index (χ0) is 14.5. The zero-order valence-corrected chi connectivity index (χ0v) is 12.4. The van der Waals surface area contributed by atoms with Gasteiger partial charge in [-0.05, 0) is 29.7 Å². The molecule has 4 nitrogen and oxygen atoms in total. The number of carboxylic acids is 1. The number of fused-ring (bicyclic) bond motifs is 1. The predicted molar refractivity (Wildman–Crippen MR) is 79.9 cm³/mol. The van der Waals surface area contributed by atoms with Crippen molar-refractivity contribution in [3.05, 3.63) is 35.4 Å². The van der Waals surface area contributed by atoms with Gasteiger partial charge in [-0.15, -0.1) is 0 Å². The van der Waals surface area contributed by atoms with Crippen LogP contribution in [0.3, 0.4) is 0 Å². The van der Waals surface area contributed by atoms with E-state index in [0.29, 0.717) is 12.3 Å². The first-order valence-electron chi connectivity index (χ1n) is 6.83. The Bertz CT molecular complexity index is 504. The number of amides is 1. The van der Waals surface area contributed by atoms with Crippen molar-refractivity contribution in [2.75, 3.05) is 18.1 Å². The number of benzene rings is 1. The molecule has 0 radical (unpaired) electrons. The third kappa shape index (κ3) is 3.15. The molecule has 108 valence electrons. The molecule has 0 spiro atoms. The van der Waals surface area contributed by atoms with Crippen LogP contribution in [-0.4, -0.2) is 39.9 Å². The van der Waals surface area contributed by atoms with E-state index in [1.165, 1.54) is 4.90 Å². The van der Waals surface area contributed by atoms with Crippen molar-refractivity contribution in [1.29, 1.82) is 0 Å². The Morgan fingerprint density at radius 2 is 2.15 bits per heavy atom. The zero-order valence-electron chi connectivity index (χ0n) is 11.5. The van der Waals surface area contributed by atoms with E-state index in [1.807, 2.05) is 24.3 Å². The minimum atomic E-state index is -0.953. The molecule has 1 aliphatic rings. The highest BCUT2D eigenvalue weighted by Gasteiger charge is 2.35. The largest absolute Gasteiger partial charge is 0.479 e. The van der Waals surface area contributed by atoms with Crippen LogP contribution in [0.25, 0.3) is 0 Å². The molecule has 0 bridgehead atoms. The summed E-state index contributed by atoms with van der Waals surface area (Å²) in [4.78, 5) is 25.3. The molecule has 1 heterocycles. The molecule has 0 saturated heterocycles. The summed E-state index contributed by atoms with van der Waals surface area (Å²) in [5.74, 6) is 0.254. The van der Waals surface area contributed by atoms with E-state index in [2.05, 4.69) is 6.92 Å². The van der Waals surface area contributed by atoms with Crippen LogP contribution in [0.5, 0.6) is 0 Å². The van der Waals surface area contributed by atoms with Gasteiger partial charge in [-0.25, -0.2) is 4.79 Å². The first kappa shape index (κ1) is 14.9. The summed E-state index contributed by atoms with van der Waals surface area (Å²) in [5.41, 5.74) is 1.78. The summed E-state index contributed by atoms with van der Waals surface area (Å²) >= 11 is 1.57. The lowest BCUT2D eigenvalue weighted by molar-refractivity contribution is -0.150. The van der Waals surface area contributed by atoms with Gasteiger partial charge in [-0.2, -0.15) is 11.8 Å². The van der Waals surface area contributed by atoms with Gasteiger partial charge in [-0.1, -0.05) is 31.2 Å². The molecule has 1 N–H and O–H groups in total. The fraction of sp³-hybridized carbons (Fsp3) is 0.467. The van der Waals surface area contributed by atoms with Gasteiger partial charge in [0.15, 0.2) is 6.04 Å². The lowest BCUT2D eigenvalue weighted by atomic mass is 9.92. The van der Waals surface area contributed by atoms with Crippen LogP contribution in [0.2, 0.25) is 0 Å². The molecule has 5 heteroatoms. The Morgan fingerprint density at radius 3 is 2.85 bits per heavy atom. The van der Waals surface area contributed by atoms with Gasteiger partial charge in [0.1, 0.15) is 0 Å². The molecule has 1 aliphatic heterocycles. The third-order valence-corrected chi connectivity index (χ3v) is 4.56. The smallest absolute Gasteiger partial charge is 0.331 e. The van der Waals surface area contributed by atoms with Gasteiger partial charge in [0.05, 0.1) is 5.75 Å². The Balaban J connectivity index is 2.18. The third-order valence-electron chi connectivity index (χ3n) is 3.41. The number of rotatable bonds is 5. The van der Waals surface area contributed by atoms with Crippen LogP contribution in [0, 0.1) is 0 Å². The van der Waals surface area contributed by atoms with Crippen molar-refractivity contribution in [1.82, 2.24) is 4.90 Å². The summed E-state index contributed by atoms with van der Waals surface area (Å²) in [6.07, 6.45) is 1.74. The maximum absolute atomic E-state index is 12.2. The second-order valence-corrected chi connectivity index (χ2v) is 5.93. The molecule has 20 heavy (non-hydrogen) atoms. The highest BCUT2D eigenvalue weighted by molar-refractivity contribution is 7.99. The second kappa shape index (κ2) is 6.79. The van der Waals surface area contributed by atoms with Gasteiger partial charge in [0, 0.05) is 6.54 Å². The summed E-state index contributed by atoms with van der Waals surface area (Å²) in [7, 11) is 0. The van der Waals surface area contributed by atoms with Gasteiger partial charge in [0.2, 0.25) is 5.91 Å². The first-order chi connectivity index (χ1) is 9.65. The molecule has 2 rings (SSSR count). The molecule has 1 aromatic carbocycles. The predicted octanol–water partition coefficient (Wildman–Crippen LogP) is 2.34. The van der Waals surface area contributed by atoms with E-state index in [0.717, 1.165) is 29.7 Å². The molecule has 0 saturated carbocycles. The van der Waals surface area contributed by atoms with Crippen LogP contribution < -0.4 is 0 Å². The first-order valence-corrected chi connectivity index (χ1v) is 7.98. The minimum Gasteiger partial charge on any atom is -0.479 e. The fourth-order valence-electron chi connectivity index (χ4n) is 2.49. The SMILES string of the molecule is CCCSCC(=O)N1CCc2ccccc2C1C(=O)O. The Kier molecular flexibility index (Phi) is 5.06. The second-order valence-electron chi connectivity index (χ2n) is 4.83. The van der Waals surface area contributed by atoms with Crippen molar-refractivity contribution in [3.63, 3.8) is 0 Å². The molecule has 1 amide bonds. The van der Waals surface area contributed by atoms with E-state index < -0.39 is 12.0 Å². The van der Waals surface area contributed by atoms with Crippen LogP contribution >= 0.6 is 11.8 Å². The monoisotopic (exact) mass is 293 g/mol. The number of nitrogens with zero attached hydrogens (tertiary/aromatic N) is 1. The van der Waals surface area contributed by atoms with Gasteiger partial charge >= 0.3 is 5.97 Å². The molecule has 0 aliphatic carbocycles. The Morgan fingerprint density at radius 1 is 1.40 bits per heavy atom. The number of carbonyl (C=O) groups excluding carboxylic acids is 1. The van der Waals surface area contributed by atoms with E-state index in [-0.39, 0.29) is 5.91 Å². The maximum atomic E-state index is 12.2. The topological polar surface area (TPSA) is 57.6 Å². The van der Waals surface area contributed by atoms with Gasteiger partial charge < -0.3 is 10.0 Å². The van der Waals surface area contributed by atoms with Crippen LogP contribution in [0.1, 0.15) is 30.5 Å². The maximum Gasteiger partial charge on any atom is 0.331 e. The van der Waals surface area contributed by atoms with Crippen LogP contribution in [0.4, 0.5) is 0 Å². The number of hydrogen-bond acceptors (Lipinski definition) is 3. The summed E-state index contributed by atoms with van der Waals surface area (Å²) < 4.78 is 0.